The lowest BCUT2D eigenvalue weighted by Gasteiger charge is -2.08. The largest absolute Gasteiger partial charge is 0.493 e. The zero-order valence-electron chi connectivity index (χ0n) is 7.66. The fourth-order valence-electron chi connectivity index (χ4n) is 1.01. The quantitative estimate of drug-likeness (QED) is 0.703. The van der Waals surface area contributed by atoms with E-state index in [4.69, 9.17) is 9.47 Å². The lowest BCUT2D eigenvalue weighted by molar-refractivity contribution is 0.311. The van der Waals surface area contributed by atoms with Crippen molar-refractivity contribution in [1.29, 1.82) is 0 Å². The van der Waals surface area contributed by atoms with Crippen LogP contribution >= 0.6 is 0 Å². The Labute approximate surface area is 77.3 Å². The zero-order chi connectivity index (χ0) is 9.68. The van der Waals surface area contributed by atoms with E-state index in [-0.39, 0.29) is 0 Å². The van der Waals surface area contributed by atoms with Gasteiger partial charge in [0.2, 0.25) is 6.29 Å². The first-order valence-electron chi connectivity index (χ1n) is 4.00. The monoisotopic (exact) mass is 179 g/mol. The van der Waals surface area contributed by atoms with Gasteiger partial charge in [-0.2, -0.15) is 0 Å². The molecule has 3 nitrogen and oxygen atoms in total. The third kappa shape index (κ3) is 2.21. The van der Waals surface area contributed by atoms with E-state index in [9.17, 15) is 4.79 Å². The van der Waals surface area contributed by atoms with E-state index in [1.807, 2.05) is 6.92 Å². The summed E-state index contributed by atoms with van der Waals surface area (Å²) in [6.07, 6.45) is 1.79. The maximum Gasteiger partial charge on any atom is 0.233 e. The van der Waals surface area contributed by atoms with Crippen LogP contribution in [0.5, 0.6) is 11.5 Å². The SMILES string of the molecule is CCOc1ccc([C]=O)cc1OC. The van der Waals surface area contributed by atoms with Crippen LogP contribution in [0.3, 0.4) is 0 Å². The highest BCUT2D eigenvalue weighted by Crippen LogP contribution is 2.27. The summed E-state index contributed by atoms with van der Waals surface area (Å²) in [4.78, 5) is 10.3. The fourth-order valence-corrected chi connectivity index (χ4v) is 1.01. The Morgan fingerprint density at radius 3 is 2.69 bits per heavy atom. The Morgan fingerprint density at radius 1 is 1.38 bits per heavy atom. The first-order valence-corrected chi connectivity index (χ1v) is 4.00. The second-order valence-electron chi connectivity index (χ2n) is 2.40. The summed E-state index contributed by atoms with van der Waals surface area (Å²) >= 11 is 0. The normalized spacial score (nSPS) is 9.38. The number of benzene rings is 1. The standard InChI is InChI=1S/C10H11O3/c1-3-13-9-5-4-8(7-11)6-10(9)12-2/h4-6H,3H2,1-2H3. The highest BCUT2D eigenvalue weighted by Gasteiger charge is 2.04. The number of ether oxygens (including phenoxy) is 2. The maximum atomic E-state index is 10.3. The van der Waals surface area contributed by atoms with Gasteiger partial charge in [-0.05, 0) is 25.1 Å². The molecule has 0 heterocycles. The van der Waals surface area contributed by atoms with Gasteiger partial charge in [0.25, 0.3) is 0 Å². The van der Waals surface area contributed by atoms with Gasteiger partial charge in [0.05, 0.1) is 13.7 Å². The van der Waals surface area contributed by atoms with Crippen molar-refractivity contribution in [3.8, 4) is 11.5 Å². The van der Waals surface area contributed by atoms with Crippen molar-refractivity contribution in [2.24, 2.45) is 0 Å². The van der Waals surface area contributed by atoms with Gasteiger partial charge in [-0.15, -0.1) is 0 Å². The van der Waals surface area contributed by atoms with Crippen molar-refractivity contribution < 1.29 is 14.3 Å². The van der Waals surface area contributed by atoms with Gasteiger partial charge in [-0.3, -0.25) is 4.79 Å². The number of carbonyl (C=O) groups excluding carboxylic acids is 1. The summed E-state index contributed by atoms with van der Waals surface area (Å²) in [5.41, 5.74) is 0.459. The minimum Gasteiger partial charge on any atom is -0.493 e. The van der Waals surface area contributed by atoms with Gasteiger partial charge in [0.1, 0.15) is 0 Å². The molecular weight excluding hydrogens is 168 g/mol. The Bertz CT molecular complexity index is 294. The molecular formula is C10H11O3. The van der Waals surface area contributed by atoms with Gasteiger partial charge in [-0.1, -0.05) is 0 Å². The Balaban J connectivity index is 3.00. The van der Waals surface area contributed by atoms with Crippen LogP contribution in [0.4, 0.5) is 0 Å². The number of methoxy groups -OCH3 is 1. The minimum absolute atomic E-state index is 0.459. The van der Waals surface area contributed by atoms with Crippen molar-refractivity contribution in [2.75, 3.05) is 13.7 Å². The van der Waals surface area contributed by atoms with Gasteiger partial charge in [-0.25, -0.2) is 0 Å². The molecule has 0 N–H and O–H groups in total. The Morgan fingerprint density at radius 2 is 2.15 bits per heavy atom. The Kier molecular flexibility index (Phi) is 3.31. The minimum atomic E-state index is 0.459. The summed E-state index contributed by atoms with van der Waals surface area (Å²) < 4.78 is 10.3. The second kappa shape index (κ2) is 4.50. The molecule has 0 saturated carbocycles. The molecule has 1 rings (SSSR count). The van der Waals surface area contributed by atoms with Crippen molar-refractivity contribution in [3.05, 3.63) is 23.8 Å². The molecule has 0 fully saturated rings. The molecule has 0 unspecified atom stereocenters. The van der Waals surface area contributed by atoms with Gasteiger partial charge in [0.15, 0.2) is 11.5 Å². The molecule has 0 bridgehead atoms. The Hall–Kier alpha value is -1.51. The topological polar surface area (TPSA) is 35.5 Å². The van der Waals surface area contributed by atoms with Crippen LogP contribution in [-0.2, 0) is 4.79 Å². The lowest BCUT2D eigenvalue weighted by atomic mass is 10.2. The van der Waals surface area contributed by atoms with Gasteiger partial charge >= 0.3 is 0 Å². The van der Waals surface area contributed by atoms with Crippen LogP contribution in [0, 0.1) is 0 Å². The molecule has 1 aromatic rings. The van der Waals surface area contributed by atoms with Crippen LogP contribution < -0.4 is 9.47 Å². The molecule has 0 amide bonds. The molecule has 1 aromatic carbocycles. The van der Waals surface area contributed by atoms with E-state index in [1.54, 1.807) is 24.5 Å². The average Bonchev–Trinajstić information content (AvgIpc) is 2.19. The summed E-state index contributed by atoms with van der Waals surface area (Å²) in [6.45, 7) is 2.46. The number of hydrogen-bond donors (Lipinski definition) is 0. The van der Waals surface area contributed by atoms with Crippen molar-refractivity contribution >= 4 is 6.29 Å². The highest BCUT2D eigenvalue weighted by molar-refractivity contribution is 5.76. The third-order valence-corrected chi connectivity index (χ3v) is 1.58. The van der Waals surface area contributed by atoms with E-state index < -0.39 is 0 Å². The van der Waals surface area contributed by atoms with Crippen LogP contribution in [0.15, 0.2) is 18.2 Å². The van der Waals surface area contributed by atoms with E-state index in [0.717, 1.165) is 0 Å². The first-order chi connectivity index (χ1) is 6.31. The predicted molar refractivity (Wildman–Crippen MR) is 49.0 cm³/mol. The molecule has 0 aromatic heterocycles. The summed E-state index contributed by atoms with van der Waals surface area (Å²) in [5.74, 6) is 1.20. The first kappa shape index (κ1) is 9.58. The maximum absolute atomic E-state index is 10.3. The molecule has 13 heavy (non-hydrogen) atoms. The average molecular weight is 179 g/mol. The molecule has 0 saturated heterocycles. The van der Waals surface area contributed by atoms with E-state index in [1.165, 1.54) is 7.11 Å². The smallest absolute Gasteiger partial charge is 0.233 e. The predicted octanol–water partition coefficient (Wildman–Crippen LogP) is 1.55. The third-order valence-electron chi connectivity index (χ3n) is 1.58. The zero-order valence-corrected chi connectivity index (χ0v) is 7.66. The van der Waals surface area contributed by atoms with Gasteiger partial charge < -0.3 is 9.47 Å². The molecule has 0 atom stereocenters. The van der Waals surface area contributed by atoms with Crippen molar-refractivity contribution in [2.45, 2.75) is 6.92 Å². The molecule has 0 spiro atoms. The van der Waals surface area contributed by atoms with Crippen LogP contribution in [0.25, 0.3) is 0 Å². The van der Waals surface area contributed by atoms with Gasteiger partial charge in [0, 0.05) is 5.56 Å². The van der Waals surface area contributed by atoms with Crippen LogP contribution in [0.2, 0.25) is 0 Å². The van der Waals surface area contributed by atoms with Crippen molar-refractivity contribution in [3.63, 3.8) is 0 Å². The van der Waals surface area contributed by atoms with E-state index >= 15 is 0 Å². The molecule has 69 valence electrons. The van der Waals surface area contributed by atoms with Crippen LogP contribution in [0.1, 0.15) is 12.5 Å². The highest BCUT2D eigenvalue weighted by atomic mass is 16.5. The number of rotatable bonds is 4. The van der Waals surface area contributed by atoms with Crippen LogP contribution in [-0.4, -0.2) is 20.0 Å². The van der Waals surface area contributed by atoms with Crippen molar-refractivity contribution in [1.82, 2.24) is 0 Å². The number of hydrogen-bond acceptors (Lipinski definition) is 3. The fraction of sp³-hybridized carbons (Fsp3) is 0.300. The molecule has 0 aliphatic rings. The molecule has 0 aliphatic heterocycles. The lowest BCUT2D eigenvalue weighted by Crippen LogP contribution is -1.96. The molecule has 0 aliphatic carbocycles. The molecule has 3 heteroatoms. The van der Waals surface area contributed by atoms with E-state index in [0.29, 0.717) is 23.7 Å². The summed E-state index contributed by atoms with van der Waals surface area (Å²) in [5, 5.41) is 0. The molecule has 1 radical (unpaired) electrons. The summed E-state index contributed by atoms with van der Waals surface area (Å²) in [6, 6.07) is 4.93. The summed E-state index contributed by atoms with van der Waals surface area (Å²) in [7, 11) is 1.53. The second-order valence-corrected chi connectivity index (χ2v) is 2.40. The van der Waals surface area contributed by atoms with E-state index in [2.05, 4.69) is 0 Å².